The topological polar surface area (TPSA) is 49.8 Å². The molecule has 1 spiro atoms. The summed E-state index contributed by atoms with van der Waals surface area (Å²) in [6.45, 7) is 1.38. The van der Waals surface area contributed by atoms with Crippen molar-refractivity contribution < 1.29 is 14.6 Å². The molecule has 0 aromatic heterocycles. The van der Waals surface area contributed by atoms with Gasteiger partial charge in [-0.1, -0.05) is 48.5 Å². The second kappa shape index (κ2) is 6.52. The van der Waals surface area contributed by atoms with E-state index in [0.717, 1.165) is 25.1 Å². The van der Waals surface area contributed by atoms with E-state index in [4.69, 9.17) is 4.74 Å². The van der Waals surface area contributed by atoms with Gasteiger partial charge in [0.2, 0.25) is 0 Å². The normalized spacial score (nSPS) is 28.1. The van der Waals surface area contributed by atoms with Gasteiger partial charge < -0.3 is 14.7 Å². The predicted octanol–water partition coefficient (Wildman–Crippen LogP) is 3.72. The van der Waals surface area contributed by atoms with Gasteiger partial charge in [0.25, 0.3) is 0 Å². The Morgan fingerprint density at radius 2 is 1.80 bits per heavy atom. The number of ether oxygens (including phenoxy) is 1. The molecule has 0 radical (unpaired) electrons. The van der Waals surface area contributed by atoms with E-state index in [1.807, 2.05) is 48.5 Å². The third-order valence-electron chi connectivity index (χ3n) is 5.56. The van der Waals surface area contributed by atoms with Crippen LogP contribution in [-0.2, 0) is 16.1 Å². The summed E-state index contributed by atoms with van der Waals surface area (Å²) >= 11 is 0. The maximum Gasteiger partial charge on any atom is 0.326 e. The molecule has 0 bridgehead atoms. The predicted molar refractivity (Wildman–Crippen MR) is 96.5 cm³/mol. The van der Waals surface area contributed by atoms with E-state index in [-0.39, 0.29) is 11.5 Å². The number of para-hydroxylation sites is 1. The van der Waals surface area contributed by atoms with Crippen LogP contribution in [0.2, 0.25) is 0 Å². The van der Waals surface area contributed by atoms with Crippen LogP contribution in [0, 0.1) is 5.41 Å². The van der Waals surface area contributed by atoms with Crippen LogP contribution >= 0.6 is 0 Å². The second-order valence-electron chi connectivity index (χ2n) is 7.21. The number of hydrogen-bond acceptors (Lipinski definition) is 3. The highest BCUT2D eigenvalue weighted by molar-refractivity contribution is 5.78. The number of carboxylic acids is 1. The van der Waals surface area contributed by atoms with Crippen LogP contribution in [-0.4, -0.2) is 29.8 Å². The highest BCUT2D eigenvalue weighted by Gasteiger charge is 2.59. The largest absolute Gasteiger partial charge is 0.480 e. The Balaban J connectivity index is 1.45. The number of benzene rings is 2. The Morgan fingerprint density at radius 1 is 1.12 bits per heavy atom. The molecule has 4 nitrogen and oxygen atoms in total. The summed E-state index contributed by atoms with van der Waals surface area (Å²) in [6.07, 6.45) is 2.85. The van der Waals surface area contributed by atoms with Gasteiger partial charge >= 0.3 is 5.97 Å². The smallest absolute Gasteiger partial charge is 0.326 e. The average molecular weight is 337 g/mol. The average Bonchev–Trinajstić information content (AvgIpc) is 3.32. The Kier molecular flexibility index (Phi) is 4.22. The number of aliphatic carboxylic acids is 1. The molecule has 1 saturated heterocycles. The quantitative estimate of drug-likeness (QED) is 0.903. The van der Waals surface area contributed by atoms with E-state index in [0.29, 0.717) is 13.0 Å². The van der Waals surface area contributed by atoms with E-state index in [2.05, 4.69) is 17.0 Å². The standard InChI is InChI=1S/C21H23NO3/c23-20(24)18-11-12-21(15-22(18)17-9-5-2-6-10-17)13-19(21)25-14-16-7-3-1-4-8-16/h1-10,18-19H,11-15H2,(H,23,24)/t18-,19?,21?/m0/s1. The van der Waals surface area contributed by atoms with Gasteiger partial charge in [-0.25, -0.2) is 4.79 Å². The summed E-state index contributed by atoms with van der Waals surface area (Å²) in [4.78, 5) is 13.7. The minimum Gasteiger partial charge on any atom is -0.480 e. The lowest BCUT2D eigenvalue weighted by atomic mass is 9.89. The molecule has 1 aliphatic carbocycles. The molecule has 2 unspecified atom stereocenters. The van der Waals surface area contributed by atoms with Crippen molar-refractivity contribution in [2.45, 2.75) is 38.0 Å². The Bertz CT molecular complexity index is 733. The fourth-order valence-electron chi connectivity index (χ4n) is 4.00. The Labute approximate surface area is 148 Å². The first-order chi connectivity index (χ1) is 12.2. The summed E-state index contributed by atoms with van der Waals surface area (Å²) in [5.41, 5.74) is 2.28. The number of anilines is 1. The maximum atomic E-state index is 11.7. The van der Waals surface area contributed by atoms with Gasteiger partial charge in [-0.05, 0) is 37.0 Å². The van der Waals surface area contributed by atoms with Crippen molar-refractivity contribution in [2.24, 2.45) is 5.41 Å². The lowest BCUT2D eigenvalue weighted by Gasteiger charge is -2.40. The second-order valence-corrected chi connectivity index (χ2v) is 7.21. The number of nitrogens with zero attached hydrogens (tertiary/aromatic N) is 1. The van der Waals surface area contributed by atoms with Gasteiger partial charge in [0, 0.05) is 17.6 Å². The first kappa shape index (κ1) is 16.2. The first-order valence-corrected chi connectivity index (χ1v) is 8.88. The van der Waals surface area contributed by atoms with Crippen molar-refractivity contribution in [2.75, 3.05) is 11.4 Å². The molecular weight excluding hydrogens is 314 g/mol. The number of rotatable bonds is 5. The van der Waals surface area contributed by atoms with Crippen molar-refractivity contribution in [1.82, 2.24) is 0 Å². The van der Waals surface area contributed by atoms with E-state index < -0.39 is 12.0 Å². The molecule has 1 heterocycles. The zero-order valence-corrected chi connectivity index (χ0v) is 14.2. The van der Waals surface area contributed by atoms with Gasteiger partial charge in [-0.15, -0.1) is 0 Å². The fraction of sp³-hybridized carbons (Fsp3) is 0.381. The Morgan fingerprint density at radius 3 is 2.48 bits per heavy atom. The number of carboxylic acid groups (broad SMARTS) is 1. The van der Waals surface area contributed by atoms with Crippen LogP contribution in [0.1, 0.15) is 24.8 Å². The molecule has 0 amide bonds. The summed E-state index contributed by atoms with van der Waals surface area (Å²) in [6, 6.07) is 19.6. The molecule has 4 rings (SSSR count). The van der Waals surface area contributed by atoms with Gasteiger partial charge in [0.1, 0.15) is 6.04 Å². The molecule has 130 valence electrons. The van der Waals surface area contributed by atoms with Crippen LogP contribution in [0.3, 0.4) is 0 Å². The fourth-order valence-corrected chi connectivity index (χ4v) is 4.00. The Hall–Kier alpha value is -2.33. The zero-order valence-electron chi connectivity index (χ0n) is 14.2. The SMILES string of the molecule is O=C(O)[C@@H]1CCC2(CC2OCc2ccccc2)CN1c1ccccc1. The summed E-state index contributed by atoms with van der Waals surface area (Å²) < 4.78 is 6.14. The number of hydrogen-bond donors (Lipinski definition) is 1. The first-order valence-electron chi connectivity index (χ1n) is 8.88. The van der Waals surface area contributed by atoms with Crippen LogP contribution in [0.15, 0.2) is 60.7 Å². The molecule has 25 heavy (non-hydrogen) atoms. The number of piperidine rings is 1. The van der Waals surface area contributed by atoms with E-state index in [1.165, 1.54) is 5.56 Å². The van der Waals surface area contributed by atoms with Crippen molar-refractivity contribution in [3.8, 4) is 0 Å². The molecule has 4 heteroatoms. The highest BCUT2D eigenvalue weighted by atomic mass is 16.5. The van der Waals surface area contributed by atoms with Gasteiger partial charge in [-0.3, -0.25) is 0 Å². The van der Waals surface area contributed by atoms with Crippen LogP contribution in [0.4, 0.5) is 5.69 Å². The summed E-state index contributed by atoms with van der Waals surface area (Å²) in [5, 5.41) is 9.61. The highest BCUT2D eigenvalue weighted by Crippen LogP contribution is 2.56. The van der Waals surface area contributed by atoms with Crippen LogP contribution < -0.4 is 4.90 Å². The molecule has 1 saturated carbocycles. The lowest BCUT2D eigenvalue weighted by Crippen LogP contribution is -2.49. The third-order valence-corrected chi connectivity index (χ3v) is 5.56. The van der Waals surface area contributed by atoms with E-state index in [1.54, 1.807) is 0 Å². The minimum absolute atomic E-state index is 0.108. The van der Waals surface area contributed by atoms with Gasteiger partial charge in [0.15, 0.2) is 0 Å². The minimum atomic E-state index is -0.735. The van der Waals surface area contributed by atoms with Crippen LogP contribution in [0.25, 0.3) is 0 Å². The molecule has 1 aliphatic heterocycles. The van der Waals surface area contributed by atoms with Crippen molar-refractivity contribution >= 4 is 11.7 Å². The molecular formula is C21H23NO3. The van der Waals surface area contributed by atoms with Crippen LogP contribution in [0.5, 0.6) is 0 Å². The van der Waals surface area contributed by atoms with Gasteiger partial charge in [-0.2, -0.15) is 0 Å². The molecule has 2 aromatic rings. The van der Waals surface area contributed by atoms with Crippen molar-refractivity contribution in [1.29, 1.82) is 0 Å². The summed E-state index contributed by atoms with van der Waals surface area (Å²) in [7, 11) is 0. The van der Waals surface area contributed by atoms with E-state index >= 15 is 0 Å². The van der Waals surface area contributed by atoms with Crippen molar-refractivity contribution in [3.05, 3.63) is 66.2 Å². The molecule has 2 fully saturated rings. The van der Waals surface area contributed by atoms with Gasteiger partial charge in [0.05, 0.1) is 12.7 Å². The zero-order chi connectivity index (χ0) is 17.3. The summed E-state index contributed by atoms with van der Waals surface area (Å²) in [5.74, 6) is -0.735. The van der Waals surface area contributed by atoms with Crippen molar-refractivity contribution in [3.63, 3.8) is 0 Å². The lowest BCUT2D eigenvalue weighted by molar-refractivity contribution is -0.139. The van der Waals surface area contributed by atoms with E-state index in [9.17, 15) is 9.90 Å². The molecule has 2 aromatic carbocycles. The maximum absolute atomic E-state index is 11.7. The molecule has 2 aliphatic rings. The monoisotopic (exact) mass is 337 g/mol. The third kappa shape index (κ3) is 3.27. The molecule has 1 N–H and O–H groups in total. The number of carbonyl (C=O) groups is 1. The molecule has 3 atom stereocenters.